The van der Waals surface area contributed by atoms with E-state index in [9.17, 15) is 9.50 Å². The van der Waals surface area contributed by atoms with Crippen LogP contribution in [0.2, 0.25) is 0 Å². The summed E-state index contributed by atoms with van der Waals surface area (Å²) in [6, 6.07) is 23.5. The molecule has 0 aliphatic rings. The normalized spacial score (nSPS) is 11.3. The molecule has 5 aromatic rings. The van der Waals surface area contributed by atoms with Crippen molar-refractivity contribution in [3.05, 3.63) is 129 Å². The molecule has 0 bridgehead atoms. The Balaban J connectivity index is 2.03. The van der Waals surface area contributed by atoms with Crippen molar-refractivity contribution in [3.8, 4) is 0 Å². The average molecular weight is 475 g/mol. The summed E-state index contributed by atoms with van der Waals surface area (Å²) in [6.07, 6.45) is 0. The van der Waals surface area contributed by atoms with Gasteiger partial charge in [-0.05, 0) is 115 Å². The predicted molar refractivity (Wildman–Crippen MR) is 151 cm³/mol. The molecule has 1 N–H and O–H groups in total. The van der Waals surface area contributed by atoms with Gasteiger partial charge in [-0.15, -0.1) is 0 Å². The molecule has 0 saturated heterocycles. The molecule has 0 fully saturated rings. The third-order valence-corrected chi connectivity index (χ3v) is 7.15. The summed E-state index contributed by atoms with van der Waals surface area (Å²) < 4.78 is 14.6. The molecule has 0 aliphatic heterocycles. The summed E-state index contributed by atoms with van der Waals surface area (Å²) in [7, 11) is 0. The van der Waals surface area contributed by atoms with Crippen molar-refractivity contribution in [2.75, 3.05) is 0 Å². The largest absolute Gasteiger partial charge is 0.507 e. The van der Waals surface area contributed by atoms with E-state index < -0.39 is 0 Å². The second-order valence-corrected chi connectivity index (χ2v) is 10.1. The molecule has 0 radical (unpaired) electrons. The standard InChI is InChI=1S/C34H31FO/c1-19-13-21(3)30(22(4)14-19)33(31-23(5)15-20(2)16-24(31)6)34(36)32-28-10-8-7-9-25(28)17-26-11-12-27(35)18-29(26)32/h7-18,36H,1-6H3. The van der Waals surface area contributed by atoms with E-state index >= 15 is 0 Å². The lowest BCUT2D eigenvalue weighted by Gasteiger charge is -2.23. The monoisotopic (exact) mass is 474 g/mol. The molecule has 2 heteroatoms. The van der Waals surface area contributed by atoms with Crippen LogP contribution in [0.4, 0.5) is 4.39 Å². The van der Waals surface area contributed by atoms with Crippen molar-refractivity contribution in [3.63, 3.8) is 0 Å². The Morgan fingerprint density at radius 3 is 1.61 bits per heavy atom. The van der Waals surface area contributed by atoms with Crippen LogP contribution in [0.5, 0.6) is 0 Å². The minimum atomic E-state index is -0.321. The first-order valence-corrected chi connectivity index (χ1v) is 12.4. The predicted octanol–water partition coefficient (Wildman–Crippen LogP) is 9.46. The molecule has 5 aromatic carbocycles. The zero-order chi connectivity index (χ0) is 25.7. The van der Waals surface area contributed by atoms with E-state index in [-0.39, 0.29) is 11.6 Å². The van der Waals surface area contributed by atoms with Gasteiger partial charge in [-0.25, -0.2) is 4.39 Å². The van der Waals surface area contributed by atoms with Gasteiger partial charge in [0.25, 0.3) is 0 Å². The molecule has 180 valence electrons. The second kappa shape index (κ2) is 8.95. The Morgan fingerprint density at radius 1 is 0.556 bits per heavy atom. The van der Waals surface area contributed by atoms with Crippen LogP contribution in [-0.4, -0.2) is 5.11 Å². The zero-order valence-corrected chi connectivity index (χ0v) is 21.8. The lowest BCUT2D eigenvalue weighted by molar-refractivity contribution is 0.515. The van der Waals surface area contributed by atoms with Crippen LogP contribution in [0.25, 0.3) is 32.9 Å². The number of aliphatic hydroxyl groups excluding tert-OH is 1. The van der Waals surface area contributed by atoms with E-state index in [4.69, 9.17) is 0 Å². The number of hydrogen-bond donors (Lipinski definition) is 1. The van der Waals surface area contributed by atoms with Crippen LogP contribution in [0.15, 0.2) is 72.8 Å². The highest BCUT2D eigenvalue weighted by Crippen LogP contribution is 2.42. The Morgan fingerprint density at radius 2 is 1.06 bits per heavy atom. The summed E-state index contributed by atoms with van der Waals surface area (Å²) >= 11 is 0. The highest BCUT2D eigenvalue weighted by Gasteiger charge is 2.23. The molecule has 0 amide bonds. The molecule has 5 rings (SSSR count). The maximum atomic E-state index is 14.6. The van der Waals surface area contributed by atoms with Crippen LogP contribution in [0, 0.1) is 47.4 Å². The van der Waals surface area contributed by atoms with Crippen LogP contribution >= 0.6 is 0 Å². The molecule has 0 aliphatic carbocycles. The van der Waals surface area contributed by atoms with Crippen LogP contribution in [0.3, 0.4) is 0 Å². The molecule has 0 spiro atoms. The molecule has 0 aromatic heterocycles. The van der Waals surface area contributed by atoms with Gasteiger partial charge in [0.15, 0.2) is 0 Å². The summed E-state index contributed by atoms with van der Waals surface area (Å²) in [6.45, 7) is 12.6. The Hall–Kier alpha value is -3.91. The summed E-state index contributed by atoms with van der Waals surface area (Å²) in [5, 5.41) is 15.9. The fourth-order valence-electron chi connectivity index (χ4n) is 5.92. The van der Waals surface area contributed by atoms with Crippen molar-refractivity contribution < 1.29 is 9.50 Å². The number of rotatable bonds is 3. The van der Waals surface area contributed by atoms with E-state index in [1.807, 2.05) is 24.3 Å². The van der Waals surface area contributed by atoms with E-state index in [1.165, 1.54) is 23.3 Å². The van der Waals surface area contributed by atoms with Crippen LogP contribution in [-0.2, 0) is 0 Å². The van der Waals surface area contributed by atoms with Gasteiger partial charge in [-0.3, -0.25) is 0 Å². The van der Waals surface area contributed by atoms with Crippen molar-refractivity contribution in [1.29, 1.82) is 0 Å². The minimum Gasteiger partial charge on any atom is -0.507 e. The first-order valence-electron chi connectivity index (χ1n) is 12.4. The highest BCUT2D eigenvalue weighted by molar-refractivity contribution is 6.13. The summed E-state index contributed by atoms with van der Waals surface area (Å²) in [5.41, 5.74) is 10.3. The highest BCUT2D eigenvalue weighted by atomic mass is 19.1. The van der Waals surface area contributed by atoms with E-state index in [0.717, 1.165) is 55.1 Å². The molecule has 1 nitrogen and oxygen atoms in total. The number of benzene rings is 5. The van der Waals surface area contributed by atoms with E-state index in [1.54, 1.807) is 6.07 Å². The van der Waals surface area contributed by atoms with Crippen molar-refractivity contribution >= 4 is 32.9 Å². The van der Waals surface area contributed by atoms with Crippen LogP contribution < -0.4 is 0 Å². The molecule has 0 saturated carbocycles. The number of halogens is 1. The zero-order valence-electron chi connectivity index (χ0n) is 21.8. The van der Waals surface area contributed by atoms with Gasteiger partial charge in [0, 0.05) is 11.1 Å². The lowest BCUT2D eigenvalue weighted by atomic mass is 9.82. The third kappa shape index (κ3) is 3.97. The smallest absolute Gasteiger partial charge is 0.132 e. The van der Waals surface area contributed by atoms with Crippen molar-refractivity contribution in [2.24, 2.45) is 0 Å². The molecule has 0 heterocycles. The van der Waals surface area contributed by atoms with E-state index in [2.05, 4.69) is 71.9 Å². The second-order valence-electron chi connectivity index (χ2n) is 10.1. The number of aryl methyl sites for hydroxylation is 6. The Bertz CT molecular complexity index is 1600. The minimum absolute atomic E-state index is 0.174. The maximum Gasteiger partial charge on any atom is 0.132 e. The molecule has 0 atom stereocenters. The maximum absolute atomic E-state index is 14.6. The first-order chi connectivity index (χ1) is 17.2. The third-order valence-electron chi connectivity index (χ3n) is 7.15. The van der Waals surface area contributed by atoms with Gasteiger partial charge in [0.1, 0.15) is 11.6 Å². The Kier molecular flexibility index (Phi) is 5.92. The van der Waals surface area contributed by atoms with Gasteiger partial charge in [-0.2, -0.15) is 0 Å². The van der Waals surface area contributed by atoms with Gasteiger partial charge in [0.2, 0.25) is 0 Å². The fourth-order valence-corrected chi connectivity index (χ4v) is 5.92. The van der Waals surface area contributed by atoms with Gasteiger partial charge >= 0.3 is 0 Å². The van der Waals surface area contributed by atoms with Gasteiger partial charge < -0.3 is 5.11 Å². The SMILES string of the molecule is Cc1cc(C)c(C(=C(O)c2c3ccccc3cc3ccc(F)cc23)c2c(C)cc(C)cc2C)c(C)c1. The number of fused-ring (bicyclic) bond motifs is 2. The topological polar surface area (TPSA) is 20.2 Å². The average Bonchev–Trinajstić information content (AvgIpc) is 2.80. The summed E-state index contributed by atoms with van der Waals surface area (Å²) in [5.74, 6) is -0.147. The molecular formula is C34H31FO. The first kappa shape index (κ1) is 23.8. The lowest BCUT2D eigenvalue weighted by Crippen LogP contribution is -2.05. The molecular weight excluding hydrogens is 443 g/mol. The van der Waals surface area contributed by atoms with E-state index in [0.29, 0.717) is 10.9 Å². The molecule has 0 unspecified atom stereocenters. The van der Waals surface area contributed by atoms with Crippen LogP contribution in [0.1, 0.15) is 50.1 Å². The quantitative estimate of drug-likeness (QED) is 0.157. The van der Waals surface area contributed by atoms with Gasteiger partial charge in [0.05, 0.1) is 0 Å². The van der Waals surface area contributed by atoms with Crippen molar-refractivity contribution in [2.45, 2.75) is 41.5 Å². The molecule has 36 heavy (non-hydrogen) atoms. The van der Waals surface area contributed by atoms with Gasteiger partial charge in [-0.1, -0.05) is 65.7 Å². The summed E-state index contributed by atoms with van der Waals surface area (Å²) in [4.78, 5) is 0. The number of aliphatic hydroxyl groups is 1. The fraction of sp³-hybridized carbons (Fsp3) is 0.176. The Labute approximate surface area is 212 Å². The number of hydrogen-bond acceptors (Lipinski definition) is 1. The van der Waals surface area contributed by atoms with Crippen molar-refractivity contribution in [1.82, 2.24) is 0 Å².